The van der Waals surface area contributed by atoms with E-state index in [0.717, 1.165) is 267 Å². The zero-order chi connectivity index (χ0) is 93.5. The Kier molecular flexibility index (Phi) is 17.3. The molecule has 2 aromatic heterocycles. The van der Waals surface area contributed by atoms with Gasteiger partial charge in [0.2, 0.25) is 0 Å². The molecule has 0 spiro atoms. The fraction of sp³-hybridized carbons (Fsp3) is 0.0382. The molecule has 0 saturated heterocycles. The SMILES string of the molecule is CC(C)(C)c1cc2c3c(c1)N(c1c(-c4ccccc4)cccc1-c1ccccc1)c1cc4c5c6c1B3c1c(cc3c7c1Oc1cc(ccc1B7c1ccccc1N3c1c(-c3ccccc3)cccc1-c1ccccc1)C(n1c3ccccc3c3ccccc31)(n1c3ccccc3c3ccccc31)c1ccc(c(c1)O6)B5c1ccccc1N4c1ccccc1-c1ccccc1)N2c1ccccc1-c1ccccc1. The van der Waals surface area contributed by atoms with E-state index in [1.165, 1.54) is 0 Å². The van der Waals surface area contributed by atoms with E-state index in [1.54, 1.807) is 0 Å². The topological polar surface area (TPSA) is 41.3 Å². The number of aromatic nitrogens is 2. The zero-order valence-corrected chi connectivity index (χ0v) is 78.3. The Balaban J connectivity index is 0.851. The summed E-state index contributed by atoms with van der Waals surface area (Å²) in [5.41, 5.74) is 40.7. The van der Waals surface area contributed by atoms with Crippen LogP contribution < -0.4 is 78.2 Å². The van der Waals surface area contributed by atoms with Crippen LogP contribution in [0.1, 0.15) is 37.5 Å². The molecule has 30 rings (SSSR count). The highest BCUT2D eigenvalue weighted by Gasteiger charge is 2.57. The highest BCUT2D eigenvalue weighted by molar-refractivity contribution is 7.05. The van der Waals surface area contributed by atoms with Crippen molar-refractivity contribution >= 4 is 181 Å². The summed E-state index contributed by atoms with van der Waals surface area (Å²) in [5, 5.41) is 4.55. The van der Waals surface area contributed by atoms with Gasteiger partial charge < -0.3 is 38.2 Å². The molecular formula is C131H87B3N6O2. The first-order chi connectivity index (χ1) is 70.2. The Morgan fingerprint density at radius 3 is 0.859 bits per heavy atom. The second-order valence-electron chi connectivity index (χ2n) is 39.8. The Morgan fingerprint density at radius 1 is 0.211 bits per heavy atom. The molecule has 7 aliphatic heterocycles. The van der Waals surface area contributed by atoms with Crippen LogP contribution in [0.4, 0.5) is 68.2 Å². The lowest BCUT2D eigenvalue weighted by molar-refractivity contribution is 0.399. The molecule has 0 N–H and O–H groups in total. The van der Waals surface area contributed by atoms with Crippen LogP contribution >= 0.6 is 0 Å². The number of fused-ring (bicyclic) bond motifs is 14. The molecule has 662 valence electrons. The predicted molar refractivity (Wildman–Crippen MR) is 594 cm³/mol. The van der Waals surface area contributed by atoms with Gasteiger partial charge in [-0.3, -0.25) is 0 Å². The average Bonchev–Trinajstić information content (AvgIpc) is 1.45. The van der Waals surface area contributed by atoms with Gasteiger partial charge >= 0.3 is 0 Å². The third-order valence-corrected chi connectivity index (χ3v) is 31.5. The summed E-state index contributed by atoms with van der Waals surface area (Å²) >= 11 is 0. The standard InChI is InChI=1S/C131H87B3N6O2/c1-130(2,3)90-76-113-121-114(77-90)138(127-95(86-48-18-8-19-49-86)60-39-61-96(127)87-50-20-9-21-51-87)118-80-115-122-128-125(118)134(121)124-116(136(113)106-65-31-23-53-92(106)83-42-12-5-13-43-83)81-117-123-129(124)142-120-79-89(73-75-104(120)133(123)102-63-29-37-71-112(102)137(117)126-93(84-44-14-6-15-45-84)58-38-59-94(126)85-46-16-7-17-47-85)131(139-107-66-32-24-54-97(107)98-55-25-33-67-108(98)139,140-109-68-34-26-56-99(109)100-57-27-35-69-110(100)140)88-72-74-103(119(78-88)141-128)132(122)101-62-28-36-70-111(101)135(115)105-64-30-22-52-91(105)82-40-10-4-11-41-82/h4-81H,1-3H3. The van der Waals surface area contributed by atoms with E-state index in [9.17, 15) is 9.47 Å². The fourth-order valence-corrected chi connectivity index (χ4v) is 25.6. The molecule has 0 aliphatic carbocycles. The van der Waals surface area contributed by atoms with Crippen LogP contribution in [0.5, 0.6) is 23.0 Å². The number of rotatable bonds is 12. The number of para-hydroxylation sites is 10. The van der Waals surface area contributed by atoms with Gasteiger partial charge in [0.05, 0.1) is 44.8 Å². The number of nitrogens with zero attached hydrogens (tertiary/aromatic N) is 6. The molecule has 8 nitrogen and oxygen atoms in total. The van der Waals surface area contributed by atoms with Crippen molar-refractivity contribution in [3.63, 3.8) is 0 Å². The quantitative estimate of drug-likeness (QED) is 0.114. The average molecular weight is 1810 g/mol. The van der Waals surface area contributed by atoms with E-state index in [1.807, 2.05) is 0 Å². The van der Waals surface area contributed by atoms with Gasteiger partial charge in [-0.25, -0.2) is 0 Å². The van der Waals surface area contributed by atoms with E-state index in [4.69, 9.17) is 0 Å². The highest BCUT2D eigenvalue weighted by Crippen LogP contribution is 2.60. The molecule has 0 unspecified atom stereocenters. The first-order valence-electron chi connectivity index (χ1n) is 49.5. The Labute approximate surface area is 825 Å². The van der Waals surface area contributed by atoms with Crippen LogP contribution in [-0.2, 0) is 11.1 Å². The number of benzene rings is 21. The predicted octanol–water partition coefficient (Wildman–Crippen LogP) is 27.7. The monoisotopic (exact) mass is 1810 g/mol. The molecule has 0 fully saturated rings. The highest BCUT2D eigenvalue weighted by atomic mass is 16.5. The summed E-state index contributed by atoms with van der Waals surface area (Å²) in [6.07, 6.45) is 0. The summed E-state index contributed by atoms with van der Waals surface area (Å²) in [5.74, 6) is 3.10. The fourth-order valence-electron chi connectivity index (χ4n) is 25.6. The Hall–Kier alpha value is -17.8. The minimum atomic E-state index is -1.36. The van der Waals surface area contributed by atoms with Crippen LogP contribution in [-0.4, -0.2) is 29.3 Å². The minimum absolute atomic E-state index is 0.429. The molecule has 11 heteroatoms. The second-order valence-corrected chi connectivity index (χ2v) is 39.8. The van der Waals surface area contributed by atoms with Crippen molar-refractivity contribution in [3.8, 4) is 89.8 Å². The summed E-state index contributed by atoms with van der Waals surface area (Å²) < 4.78 is 23.7. The van der Waals surface area contributed by atoms with Crippen molar-refractivity contribution in [1.82, 2.24) is 9.13 Å². The van der Waals surface area contributed by atoms with Gasteiger partial charge in [-0.15, -0.1) is 0 Å². The van der Waals surface area contributed by atoms with E-state index in [0.29, 0.717) is 0 Å². The Bertz CT molecular complexity index is 8930. The normalized spacial score (nSPS) is 13.8. The summed E-state index contributed by atoms with van der Waals surface area (Å²) in [6, 6.07) is 179. The van der Waals surface area contributed by atoms with E-state index >= 15 is 0 Å². The lowest BCUT2D eigenvalue weighted by Gasteiger charge is -2.50. The summed E-state index contributed by atoms with van der Waals surface area (Å²) in [4.78, 5) is 10.7. The number of hydrogen-bond acceptors (Lipinski definition) is 6. The van der Waals surface area contributed by atoms with Gasteiger partial charge in [0.1, 0.15) is 23.0 Å². The number of hydrogen-bond donors (Lipinski definition) is 0. The summed E-state index contributed by atoms with van der Waals surface area (Å²) in [6.45, 7) is 5.65. The van der Waals surface area contributed by atoms with Gasteiger partial charge in [-0.2, -0.15) is 0 Å². The zero-order valence-electron chi connectivity index (χ0n) is 78.3. The van der Waals surface area contributed by atoms with Gasteiger partial charge in [0.25, 0.3) is 20.1 Å². The molecule has 0 atom stereocenters. The smallest absolute Gasteiger partial charge is 0.261 e. The first kappa shape index (κ1) is 80.3. The van der Waals surface area contributed by atoms with Crippen molar-refractivity contribution in [2.24, 2.45) is 0 Å². The van der Waals surface area contributed by atoms with Gasteiger partial charge in [0, 0.05) is 112 Å². The molecule has 23 aromatic rings. The van der Waals surface area contributed by atoms with Crippen molar-refractivity contribution in [1.29, 1.82) is 0 Å². The largest absolute Gasteiger partial charge is 0.459 e. The van der Waals surface area contributed by atoms with Crippen molar-refractivity contribution in [2.75, 3.05) is 19.6 Å². The molecule has 21 aromatic carbocycles. The van der Waals surface area contributed by atoms with Crippen molar-refractivity contribution in [3.05, 3.63) is 490 Å². The molecule has 0 amide bonds. The maximum absolute atomic E-state index is 9.19. The molecule has 0 saturated carbocycles. The van der Waals surface area contributed by atoms with Gasteiger partial charge in [-0.05, 0) is 178 Å². The van der Waals surface area contributed by atoms with E-state index < -0.39 is 31.2 Å². The van der Waals surface area contributed by atoms with Crippen molar-refractivity contribution < 1.29 is 9.47 Å². The van der Waals surface area contributed by atoms with Crippen LogP contribution in [0.15, 0.2) is 473 Å². The second kappa shape index (κ2) is 30.6. The molecule has 9 heterocycles. The maximum atomic E-state index is 9.19. The molecule has 142 heavy (non-hydrogen) atoms. The number of ether oxygens (including phenoxy) is 2. The van der Waals surface area contributed by atoms with Crippen LogP contribution in [0.2, 0.25) is 0 Å². The summed E-state index contributed by atoms with van der Waals surface area (Å²) in [7, 11) is 0. The molecule has 0 radical (unpaired) electrons. The minimum Gasteiger partial charge on any atom is -0.459 e. The third kappa shape index (κ3) is 11.3. The Morgan fingerprint density at radius 2 is 0.486 bits per heavy atom. The van der Waals surface area contributed by atoms with Crippen molar-refractivity contribution in [2.45, 2.75) is 31.8 Å². The lowest BCUT2D eigenvalue weighted by Crippen LogP contribution is -2.67. The third-order valence-electron chi connectivity index (χ3n) is 31.5. The van der Waals surface area contributed by atoms with E-state index in [2.05, 4.69) is 523 Å². The maximum Gasteiger partial charge on any atom is 0.261 e. The van der Waals surface area contributed by atoms with Crippen LogP contribution in [0.3, 0.4) is 0 Å². The van der Waals surface area contributed by atoms with Gasteiger partial charge in [0.15, 0.2) is 5.66 Å². The lowest BCUT2D eigenvalue weighted by atomic mass is 9.28. The van der Waals surface area contributed by atoms with Gasteiger partial charge in [-0.1, -0.05) is 409 Å². The number of anilines is 12. The molecule has 7 aliphatic rings. The van der Waals surface area contributed by atoms with Crippen LogP contribution in [0, 0.1) is 0 Å². The van der Waals surface area contributed by atoms with E-state index in [-0.39, 0.29) is 0 Å². The first-order valence-corrected chi connectivity index (χ1v) is 49.5. The van der Waals surface area contributed by atoms with Crippen LogP contribution in [0.25, 0.3) is 110 Å². The molecular weight excluding hydrogens is 1720 g/mol. The molecule has 6 bridgehead atoms.